The van der Waals surface area contributed by atoms with E-state index in [1.807, 2.05) is 26.8 Å². The number of rotatable bonds is 9. The standard InChI is InChI=1S/C19H30N2O5.ClH/c1-19(2,3)20-11-13(22)12-26-15-6-7-16(25-10-9-24-4)18-14(15)5-8-17(23)21-18;/h6-7,13,20,22H,5,8-12H2,1-4H3,(H,21,23);1H. The van der Waals surface area contributed by atoms with Gasteiger partial charge in [-0.25, -0.2) is 0 Å². The molecular weight excluding hydrogens is 372 g/mol. The molecule has 1 amide bonds. The Bertz CT molecular complexity index is 619. The van der Waals surface area contributed by atoms with E-state index in [-0.39, 0.29) is 30.5 Å². The Morgan fingerprint density at radius 3 is 2.56 bits per heavy atom. The summed E-state index contributed by atoms with van der Waals surface area (Å²) < 4.78 is 16.5. The van der Waals surface area contributed by atoms with Crippen LogP contribution in [0.4, 0.5) is 5.69 Å². The van der Waals surface area contributed by atoms with E-state index in [1.165, 1.54) is 0 Å². The number of carbonyl (C=O) groups excluding carboxylic acids is 1. The van der Waals surface area contributed by atoms with E-state index in [2.05, 4.69) is 10.6 Å². The van der Waals surface area contributed by atoms with Gasteiger partial charge in [0, 0.05) is 31.2 Å². The van der Waals surface area contributed by atoms with Crippen molar-refractivity contribution in [3.8, 4) is 11.5 Å². The summed E-state index contributed by atoms with van der Waals surface area (Å²) in [7, 11) is 1.61. The summed E-state index contributed by atoms with van der Waals surface area (Å²) in [6, 6.07) is 3.59. The van der Waals surface area contributed by atoms with Gasteiger partial charge >= 0.3 is 0 Å². The number of aliphatic hydroxyl groups is 1. The molecule has 0 aliphatic carbocycles. The predicted molar refractivity (Wildman–Crippen MR) is 107 cm³/mol. The summed E-state index contributed by atoms with van der Waals surface area (Å²) in [6.45, 7) is 7.62. The number of fused-ring (bicyclic) bond motifs is 1. The lowest BCUT2D eigenvalue weighted by atomic mass is 10.0. The first-order chi connectivity index (χ1) is 12.3. The van der Waals surface area contributed by atoms with E-state index in [0.29, 0.717) is 49.8 Å². The van der Waals surface area contributed by atoms with Crippen molar-refractivity contribution in [2.75, 3.05) is 38.8 Å². The van der Waals surface area contributed by atoms with Gasteiger partial charge in [-0.05, 0) is 39.3 Å². The molecule has 1 aliphatic heterocycles. The van der Waals surface area contributed by atoms with Gasteiger partial charge in [0.2, 0.25) is 5.91 Å². The molecule has 0 bridgehead atoms. The Balaban J connectivity index is 0.00000364. The van der Waals surface area contributed by atoms with E-state index in [9.17, 15) is 9.90 Å². The molecule has 1 aliphatic rings. The van der Waals surface area contributed by atoms with Gasteiger partial charge in [0.05, 0.1) is 12.3 Å². The average molecular weight is 403 g/mol. The third-order valence-electron chi connectivity index (χ3n) is 3.94. The van der Waals surface area contributed by atoms with Crippen molar-refractivity contribution in [3.63, 3.8) is 0 Å². The number of hydrogen-bond donors (Lipinski definition) is 3. The average Bonchev–Trinajstić information content (AvgIpc) is 2.58. The number of ether oxygens (including phenoxy) is 3. The van der Waals surface area contributed by atoms with Crippen LogP contribution in [0.25, 0.3) is 0 Å². The molecule has 0 fully saturated rings. The zero-order chi connectivity index (χ0) is 19.2. The number of benzene rings is 1. The van der Waals surface area contributed by atoms with Crippen LogP contribution >= 0.6 is 12.4 Å². The van der Waals surface area contributed by atoms with Gasteiger partial charge in [0.25, 0.3) is 0 Å². The number of carbonyl (C=O) groups is 1. The van der Waals surface area contributed by atoms with E-state index < -0.39 is 6.10 Å². The number of anilines is 1. The third kappa shape index (κ3) is 7.54. The monoisotopic (exact) mass is 402 g/mol. The fourth-order valence-corrected chi connectivity index (χ4v) is 2.59. The van der Waals surface area contributed by atoms with Gasteiger partial charge in [0.1, 0.15) is 30.8 Å². The molecule has 0 aromatic heterocycles. The molecule has 1 aromatic rings. The minimum Gasteiger partial charge on any atom is -0.490 e. The second kappa shape index (κ2) is 10.7. The lowest BCUT2D eigenvalue weighted by molar-refractivity contribution is -0.116. The highest BCUT2D eigenvalue weighted by Gasteiger charge is 2.23. The molecule has 27 heavy (non-hydrogen) atoms. The number of methoxy groups -OCH3 is 1. The molecule has 1 aromatic carbocycles. The van der Waals surface area contributed by atoms with E-state index >= 15 is 0 Å². The normalized spacial score (nSPS) is 14.6. The number of hydrogen-bond acceptors (Lipinski definition) is 6. The fourth-order valence-electron chi connectivity index (χ4n) is 2.59. The zero-order valence-corrected chi connectivity index (χ0v) is 17.3. The number of halogens is 1. The smallest absolute Gasteiger partial charge is 0.224 e. The van der Waals surface area contributed by atoms with Gasteiger partial charge in [-0.3, -0.25) is 4.79 Å². The fraction of sp³-hybridized carbons (Fsp3) is 0.632. The van der Waals surface area contributed by atoms with Gasteiger partial charge < -0.3 is 30.0 Å². The molecule has 7 nitrogen and oxygen atoms in total. The molecule has 0 spiro atoms. The van der Waals surface area contributed by atoms with Gasteiger partial charge in [-0.15, -0.1) is 12.4 Å². The highest BCUT2D eigenvalue weighted by Crippen LogP contribution is 2.38. The summed E-state index contributed by atoms with van der Waals surface area (Å²) in [5, 5.41) is 16.2. The molecule has 0 saturated carbocycles. The van der Waals surface area contributed by atoms with E-state index in [0.717, 1.165) is 5.56 Å². The maximum absolute atomic E-state index is 11.8. The number of amides is 1. The molecule has 3 N–H and O–H groups in total. The van der Waals surface area contributed by atoms with Crippen LogP contribution in [0.1, 0.15) is 32.8 Å². The Hall–Kier alpha value is -1.54. The van der Waals surface area contributed by atoms with Crippen molar-refractivity contribution < 1.29 is 24.1 Å². The maximum Gasteiger partial charge on any atom is 0.224 e. The summed E-state index contributed by atoms with van der Waals surface area (Å²) >= 11 is 0. The van der Waals surface area contributed by atoms with Crippen molar-refractivity contribution in [1.29, 1.82) is 0 Å². The number of β-amino-alcohol motifs (C(OH)–C–C–N with tert-alkyl or cyclic N) is 1. The molecule has 2 rings (SSSR count). The predicted octanol–water partition coefficient (Wildman–Crippen LogP) is 2.15. The summed E-state index contributed by atoms with van der Waals surface area (Å²) in [5.74, 6) is 1.22. The third-order valence-corrected chi connectivity index (χ3v) is 3.94. The zero-order valence-electron chi connectivity index (χ0n) is 16.5. The minimum atomic E-state index is -0.624. The van der Waals surface area contributed by atoms with Crippen LogP contribution in [-0.2, 0) is 16.0 Å². The first-order valence-corrected chi connectivity index (χ1v) is 8.93. The minimum absolute atomic E-state index is 0. The van der Waals surface area contributed by atoms with Crippen molar-refractivity contribution in [2.24, 2.45) is 0 Å². The molecule has 1 unspecified atom stereocenters. The van der Waals surface area contributed by atoms with Gasteiger partial charge in [0.15, 0.2) is 0 Å². The first-order valence-electron chi connectivity index (χ1n) is 8.93. The Morgan fingerprint density at radius 2 is 1.89 bits per heavy atom. The molecule has 0 radical (unpaired) electrons. The van der Waals surface area contributed by atoms with Crippen LogP contribution in [0, 0.1) is 0 Å². The highest BCUT2D eigenvalue weighted by atomic mass is 35.5. The Labute approximate surface area is 167 Å². The first kappa shape index (κ1) is 23.5. The second-order valence-corrected chi connectivity index (χ2v) is 7.40. The van der Waals surface area contributed by atoms with Crippen LogP contribution < -0.4 is 20.1 Å². The van der Waals surface area contributed by atoms with Crippen LogP contribution in [0.5, 0.6) is 11.5 Å². The SMILES string of the molecule is COCCOc1ccc(OCC(O)CNC(C)(C)C)c2c1NC(=O)CC2.Cl. The van der Waals surface area contributed by atoms with Crippen LogP contribution in [0.3, 0.4) is 0 Å². The van der Waals surface area contributed by atoms with Crippen molar-refractivity contribution in [2.45, 2.75) is 45.3 Å². The molecular formula is C19H31ClN2O5. The Morgan fingerprint density at radius 1 is 1.19 bits per heavy atom. The van der Waals surface area contributed by atoms with Gasteiger partial charge in [-0.1, -0.05) is 0 Å². The summed E-state index contributed by atoms with van der Waals surface area (Å²) in [4.78, 5) is 11.8. The quantitative estimate of drug-likeness (QED) is 0.548. The Kier molecular flexibility index (Phi) is 9.32. The number of nitrogens with one attached hydrogen (secondary N) is 2. The van der Waals surface area contributed by atoms with E-state index in [1.54, 1.807) is 13.2 Å². The lowest BCUT2D eigenvalue weighted by Gasteiger charge is -2.25. The summed E-state index contributed by atoms with van der Waals surface area (Å²) in [6.07, 6.45) is 0.355. The van der Waals surface area contributed by atoms with Crippen molar-refractivity contribution >= 4 is 24.0 Å². The van der Waals surface area contributed by atoms with Crippen LogP contribution in [0.2, 0.25) is 0 Å². The largest absolute Gasteiger partial charge is 0.490 e. The lowest BCUT2D eigenvalue weighted by Crippen LogP contribution is -2.42. The highest BCUT2D eigenvalue weighted by molar-refractivity contribution is 5.96. The topological polar surface area (TPSA) is 89.1 Å². The molecule has 154 valence electrons. The molecule has 1 atom stereocenters. The van der Waals surface area contributed by atoms with Crippen LogP contribution in [0.15, 0.2) is 12.1 Å². The van der Waals surface area contributed by atoms with E-state index in [4.69, 9.17) is 14.2 Å². The molecule has 8 heteroatoms. The summed E-state index contributed by atoms with van der Waals surface area (Å²) in [5.41, 5.74) is 1.48. The maximum atomic E-state index is 11.8. The number of aliphatic hydroxyl groups excluding tert-OH is 1. The van der Waals surface area contributed by atoms with Crippen molar-refractivity contribution in [3.05, 3.63) is 17.7 Å². The van der Waals surface area contributed by atoms with Gasteiger partial charge in [-0.2, -0.15) is 0 Å². The molecule has 1 heterocycles. The van der Waals surface area contributed by atoms with Crippen LogP contribution in [-0.4, -0.2) is 56.1 Å². The second-order valence-electron chi connectivity index (χ2n) is 7.40. The molecule has 0 saturated heterocycles. The van der Waals surface area contributed by atoms with Crippen molar-refractivity contribution in [1.82, 2.24) is 5.32 Å².